The van der Waals surface area contributed by atoms with Gasteiger partial charge in [0.05, 0.1) is 19.8 Å². The lowest BCUT2D eigenvalue weighted by molar-refractivity contribution is 0.102. The van der Waals surface area contributed by atoms with Crippen LogP contribution in [-0.2, 0) is 48.6 Å². The average molecular weight is 537 g/mol. The number of benzene rings is 3. The number of hydrogen-bond acceptors (Lipinski definition) is 4. The van der Waals surface area contributed by atoms with E-state index in [0.29, 0.717) is 0 Å². The van der Waals surface area contributed by atoms with Crippen molar-refractivity contribution in [2.45, 2.75) is 91.3 Å². The highest BCUT2D eigenvalue weighted by Gasteiger charge is 2.28. The molecule has 0 aliphatic carbocycles. The van der Waals surface area contributed by atoms with E-state index in [2.05, 4.69) is 59.7 Å². The van der Waals surface area contributed by atoms with Gasteiger partial charge in [-0.3, -0.25) is 13.6 Å². The molecule has 0 N–H and O–H groups in total. The lowest BCUT2D eigenvalue weighted by Gasteiger charge is -2.29. The summed E-state index contributed by atoms with van der Waals surface area (Å²) in [6, 6.07) is 26.4. The van der Waals surface area contributed by atoms with Crippen molar-refractivity contribution in [3.05, 3.63) is 107 Å². The molecule has 0 saturated heterocycles. The summed E-state index contributed by atoms with van der Waals surface area (Å²) in [6.07, 6.45) is 3.70. The van der Waals surface area contributed by atoms with Gasteiger partial charge in [-0.2, -0.15) is 0 Å². The van der Waals surface area contributed by atoms with Crippen LogP contribution in [0.3, 0.4) is 0 Å². The van der Waals surface area contributed by atoms with Crippen LogP contribution < -0.4 is 0 Å². The van der Waals surface area contributed by atoms with E-state index in [9.17, 15) is 4.57 Å². The number of rotatable bonds is 15. The van der Waals surface area contributed by atoms with Crippen LogP contribution in [0.5, 0.6) is 0 Å². The SMILES string of the molecule is CCC(C)(C)c1cc(CCCOP(=O)(OCc2ccccc2)OCc2ccccc2)cc(C(C)(C)CC)c1. The van der Waals surface area contributed by atoms with Gasteiger partial charge in [-0.05, 0) is 64.3 Å². The van der Waals surface area contributed by atoms with Gasteiger partial charge in [-0.1, -0.05) is 120 Å². The standard InChI is InChI=1S/C33H45O4P/c1-7-32(3,4)30-22-29(23-31(24-30)33(5,6)8-2)20-15-21-35-38(34,36-25-27-16-11-9-12-17-27)37-26-28-18-13-10-14-19-28/h9-14,16-19,22-24H,7-8,15,20-21,25-26H2,1-6H3. The average Bonchev–Trinajstić information content (AvgIpc) is 2.94. The third kappa shape index (κ3) is 8.92. The Morgan fingerprint density at radius 1 is 0.632 bits per heavy atom. The fourth-order valence-electron chi connectivity index (χ4n) is 4.05. The second-order valence-electron chi connectivity index (χ2n) is 11.3. The van der Waals surface area contributed by atoms with Crippen LogP contribution in [0.2, 0.25) is 0 Å². The van der Waals surface area contributed by atoms with Crippen LogP contribution >= 0.6 is 7.82 Å². The molecule has 0 heterocycles. The second kappa shape index (κ2) is 13.7. The van der Waals surface area contributed by atoms with Crippen molar-refractivity contribution in [1.29, 1.82) is 0 Å². The Morgan fingerprint density at radius 2 is 1.08 bits per heavy atom. The lowest BCUT2D eigenvalue weighted by Crippen LogP contribution is -2.20. The molecule has 0 fully saturated rings. The molecule has 0 spiro atoms. The lowest BCUT2D eigenvalue weighted by atomic mass is 9.75. The molecule has 3 aromatic rings. The maximum Gasteiger partial charge on any atom is 0.475 e. The van der Waals surface area contributed by atoms with Crippen molar-refractivity contribution in [2.24, 2.45) is 0 Å². The zero-order chi connectivity index (χ0) is 27.7. The van der Waals surface area contributed by atoms with Crippen molar-refractivity contribution >= 4 is 7.82 Å². The van der Waals surface area contributed by atoms with Gasteiger partial charge >= 0.3 is 7.82 Å². The molecule has 5 heteroatoms. The predicted octanol–water partition coefficient (Wildman–Crippen LogP) is 9.55. The zero-order valence-corrected chi connectivity index (χ0v) is 24.9. The van der Waals surface area contributed by atoms with E-state index >= 15 is 0 Å². The minimum absolute atomic E-state index is 0.108. The van der Waals surface area contributed by atoms with E-state index < -0.39 is 7.82 Å². The Bertz CT molecular complexity index is 1090. The van der Waals surface area contributed by atoms with Gasteiger partial charge in [-0.15, -0.1) is 0 Å². The zero-order valence-electron chi connectivity index (χ0n) is 24.0. The molecule has 4 nitrogen and oxygen atoms in total. The van der Waals surface area contributed by atoms with E-state index in [4.69, 9.17) is 13.6 Å². The minimum Gasteiger partial charge on any atom is -0.287 e. The minimum atomic E-state index is -3.75. The van der Waals surface area contributed by atoms with Crippen molar-refractivity contribution < 1.29 is 18.1 Å². The molecule has 206 valence electrons. The summed E-state index contributed by atoms with van der Waals surface area (Å²) in [5.74, 6) is 0. The van der Waals surface area contributed by atoms with Crippen LogP contribution in [0.1, 0.15) is 88.6 Å². The van der Waals surface area contributed by atoms with Gasteiger partial charge < -0.3 is 0 Å². The third-order valence-electron chi connectivity index (χ3n) is 7.65. The first-order valence-electron chi connectivity index (χ1n) is 13.8. The molecular formula is C33H45O4P. The van der Waals surface area contributed by atoms with Crippen LogP contribution in [0.15, 0.2) is 78.9 Å². The van der Waals surface area contributed by atoms with Crippen LogP contribution in [-0.4, -0.2) is 6.61 Å². The molecule has 3 rings (SSSR count). The number of phosphoric acid groups is 1. The maximum atomic E-state index is 13.6. The molecule has 3 aromatic carbocycles. The Balaban J connectivity index is 1.69. The Labute approximate surface area is 230 Å². The molecule has 0 radical (unpaired) electrons. The van der Waals surface area contributed by atoms with E-state index in [0.717, 1.165) is 36.8 Å². The summed E-state index contributed by atoms with van der Waals surface area (Å²) in [5, 5.41) is 0. The monoisotopic (exact) mass is 536 g/mol. The summed E-state index contributed by atoms with van der Waals surface area (Å²) < 4.78 is 30.9. The third-order valence-corrected chi connectivity index (χ3v) is 9.04. The summed E-state index contributed by atoms with van der Waals surface area (Å²) in [6.45, 7) is 14.3. The summed E-state index contributed by atoms with van der Waals surface area (Å²) >= 11 is 0. The smallest absolute Gasteiger partial charge is 0.287 e. The first-order valence-corrected chi connectivity index (χ1v) is 15.3. The van der Waals surface area contributed by atoms with E-state index in [1.54, 1.807) is 0 Å². The van der Waals surface area contributed by atoms with Crippen molar-refractivity contribution in [3.63, 3.8) is 0 Å². The maximum absolute atomic E-state index is 13.6. The molecule has 0 atom stereocenters. The van der Waals surface area contributed by atoms with Crippen molar-refractivity contribution in [2.75, 3.05) is 6.61 Å². The highest BCUT2D eigenvalue weighted by Crippen LogP contribution is 2.51. The van der Waals surface area contributed by atoms with Crippen LogP contribution in [0.4, 0.5) is 0 Å². The molecule has 0 aliphatic rings. The van der Waals surface area contributed by atoms with E-state index in [-0.39, 0.29) is 30.7 Å². The van der Waals surface area contributed by atoms with E-state index in [1.165, 1.54) is 16.7 Å². The summed E-state index contributed by atoms with van der Waals surface area (Å²) in [7, 11) is -3.75. The fourth-order valence-corrected chi connectivity index (χ4v) is 5.24. The topological polar surface area (TPSA) is 44.8 Å². The van der Waals surface area contributed by atoms with Gasteiger partial charge in [0.15, 0.2) is 0 Å². The quantitative estimate of drug-likeness (QED) is 0.143. The Morgan fingerprint density at radius 3 is 1.50 bits per heavy atom. The van der Waals surface area contributed by atoms with Gasteiger partial charge in [0.2, 0.25) is 0 Å². The van der Waals surface area contributed by atoms with Crippen molar-refractivity contribution in [1.82, 2.24) is 0 Å². The Kier molecular flexibility index (Phi) is 10.9. The normalized spacial score (nSPS) is 12.6. The predicted molar refractivity (Wildman–Crippen MR) is 157 cm³/mol. The molecule has 0 saturated carbocycles. The highest BCUT2D eigenvalue weighted by molar-refractivity contribution is 7.48. The molecule has 0 unspecified atom stereocenters. The second-order valence-corrected chi connectivity index (χ2v) is 13.0. The molecule has 0 bridgehead atoms. The summed E-state index contributed by atoms with van der Waals surface area (Å²) in [5.41, 5.74) is 6.09. The number of phosphoric ester groups is 1. The number of hydrogen-bond donors (Lipinski definition) is 0. The van der Waals surface area contributed by atoms with Crippen LogP contribution in [0, 0.1) is 0 Å². The van der Waals surface area contributed by atoms with Gasteiger partial charge in [0, 0.05) is 0 Å². The largest absolute Gasteiger partial charge is 0.475 e. The van der Waals surface area contributed by atoms with Gasteiger partial charge in [0.25, 0.3) is 0 Å². The molecule has 0 aromatic heterocycles. The van der Waals surface area contributed by atoms with E-state index in [1.807, 2.05) is 60.7 Å². The first-order chi connectivity index (χ1) is 18.1. The molecule has 0 amide bonds. The molecular weight excluding hydrogens is 491 g/mol. The Hall–Kier alpha value is -2.23. The van der Waals surface area contributed by atoms with Crippen LogP contribution in [0.25, 0.3) is 0 Å². The molecule has 38 heavy (non-hydrogen) atoms. The first kappa shape index (κ1) is 30.3. The number of aryl methyl sites for hydroxylation is 1. The highest BCUT2D eigenvalue weighted by atomic mass is 31.2. The summed E-state index contributed by atoms with van der Waals surface area (Å²) in [4.78, 5) is 0. The van der Waals surface area contributed by atoms with Gasteiger partial charge in [-0.25, -0.2) is 4.57 Å². The molecule has 0 aliphatic heterocycles. The fraction of sp³-hybridized carbons (Fsp3) is 0.455. The van der Waals surface area contributed by atoms with Crippen molar-refractivity contribution in [3.8, 4) is 0 Å². The van der Waals surface area contributed by atoms with Gasteiger partial charge in [0.1, 0.15) is 0 Å².